The van der Waals surface area contributed by atoms with Crippen molar-refractivity contribution in [3.8, 4) is 46.8 Å². The normalized spacial score (nSPS) is 12.0. The molecule has 0 saturated carbocycles. The van der Waals surface area contributed by atoms with Gasteiger partial charge in [-0.2, -0.15) is 15.2 Å². The maximum atomic E-state index is 11.9. The molecule has 0 bridgehead atoms. The van der Waals surface area contributed by atoms with Crippen LogP contribution >= 0.6 is 11.6 Å². The summed E-state index contributed by atoms with van der Waals surface area (Å²) in [5.74, 6) is 0.976. The first-order chi connectivity index (χ1) is 16.0. The molecule has 0 unspecified atom stereocenters. The predicted molar refractivity (Wildman–Crippen MR) is 117 cm³/mol. The molecule has 11 heteroatoms. The number of ether oxygens (including phenoxy) is 5. The molecule has 1 aliphatic rings. The van der Waals surface area contributed by atoms with Gasteiger partial charge in [-0.15, -0.1) is 0 Å². The maximum Gasteiger partial charge on any atom is 0.328 e. The summed E-state index contributed by atoms with van der Waals surface area (Å²) in [5.41, 5.74) is 0.464. The van der Waals surface area contributed by atoms with Crippen LogP contribution in [0.5, 0.6) is 40.8 Å². The highest BCUT2D eigenvalue weighted by Crippen LogP contribution is 2.41. The number of amides is 1. The first kappa shape index (κ1) is 22.0. The van der Waals surface area contributed by atoms with Gasteiger partial charge in [-0.05, 0) is 31.2 Å². The van der Waals surface area contributed by atoms with E-state index in [0.717, 1.165) is 0 Å². The van der Waals surface area contributed by atoms with Gasteiger partial charge in [0.05, 0.1) is 25.3 Å². The highest BCUT2D eigenvalue weighted by Gasteiger charge is 2.26. The topological polar surface area (TPSA) is 125 Å². The number of fused-ring (bicyclic) bond motifs is 1. The Morgan fingerprint density at radius 2 is 1.97 bits per heavy atom. The second-order valence-electron chi connectivity index (χ2n) is 6.57. The van der Waals surface area contributed by atoms with Crippen molar-refractivity contribution in [3.05, 3.63) is 47.0 Å². The molecular formula is C22H17ClN4O6. The third-order valence-electron chi connectivity index (χ3n) is 4.30. The van der Waals surface area contributed by atoms with E-state index >= 15 is 0 Å². The van der Waals surface area contributed by atoms with Gasteiger partial charge in [0, 0.05) is 17.2 Å². The van der Waals surface area contributed by atoms with Gasteiger partial charge in [0.1, 0.15) is 11.5 Å². The molecule has 1 aromatic heterocycles. The van der Waals surface area contributed by atoms with Crippen LogP contribution in [0.4, 0.5) is 5.69 Å². The second-order valence-corrected chi connectivity index (χ2v) is 7.00. The van der Waals surface area contributed by atoms with Crippen molar-refractivity contribution in [3.63, 3.8) is 0 Å². The van der Waals surface area contributed by atoms with Crippen molar-refractivity contribution in [2.75, 3.05) is 25.6 Å². The van der Waals surface area contributed by atoms with Gasteiger partial charge in [-0.25, -0.2) is 0 Å². The molecule has 3 aromatic rings. The minimum absolute atomic E-state index is 0.0537. The number of rotatable bonds is 7. The lowest BCUT2D eigenvalue weighted by Crippen LogP contribution is -2.26. The predicted octanol–water partition coefficient (Wildman–Crippen LogP) is 4.32. The molecule has 0 fully saturated rings. The maximum absolute atomic E-state index is 11.9. The summed E-state index contributed by atoms with van der Waals surface area (Å²) in [7, 11) is 1.50. The van der Waals surface area contributed by atoms with Crippen molar-refractivity contribution in [1.29, 1.82) is 5.26 Å². The first-order valence-corrected chi connectivity index (χ1v) is 10.1. The molecule has 2 aromatic carbocycles. The molecule has 0 saturated heterocycles. The molecule has 10 nitrogen and oxygen atoms in total. The molecule has 1 N–H and O–H groups in total. The van der Waals surface area contributed by atoms with E-state index in [1.54, 1.807) is 30.3 Å². The third kappa shape index (κ3) is 4.99. The Kier molecular flexibility index (Phi) is 6.33. The molecule has 168 valence electrons. The zero-order valence-electron chi connectivity index (χ0n) is 17.5. The summed E-state index contributed by atoms with van der Waals surface area (Å²) < 4.78 is 27.9. The zero-order chi connectivity index (χ0) is 23.4. The van der Waals surface area contributed by atoms with Crippen LogP contribution in [0.15, 0.2) is 36.4 Å². The molecule has 4 rings (SSSR count). The summed E-state index contributed by atoms with van der Waals surface area (Å²) in [4.78, 5) is 20.4. The Hall–Kier alpha value is -4.23. The quantitative estimate of drug-likeness (QED) is 0.539. The number of hydrogen-bond donors (Lipinski definition) is 1. The molecule has 0 aliphatic carbocycles. The van der Waals surface area contributed by atoms with Crippen LogP contribution in [-0.4, -0.2) is 36.2 Å². The average Bonchev–Trinajstić information content (AvgIpc) is 2.80. The van der Waals surface area contributed by atoms with Crippen LogP contribution in [0.1, 0.15) is 12.5 Å². The lowest BCUT2D eigenvalue weighted by Gasteiger charge is -2.20. The minimum atomic E-state index is -0.403. The van der Waals surface area contributed by atoms with Gasteiger partial charge in [-0.1, -0.05) is 11.6 Å². The number of nitrogens with zero attached hydrogens (tertiary/aromatic N) is 3. The Balaban J connectivity index is 1.76. The Labute approximate surface area is 193 Å². The number of carbonyl (C=O) groups excluding carboxylic acids is 1. The van der Waals surface area contributed by atoms with Gasteiger partial charge in [0.2, 0.25) is 5.88 Å². The van der Waals surface area contributed by atoms with E-state index in [0.29, 0.717) is 34.4 Å². The monoisotopic (exact) mass is 468 g/mol. The number of carbonyl (C=O) groups is 1. The van der Waals surface area contributed by atoms with Gasteiger partial charge >= 0.3 is 6.01 Å². The number of nitriles is 1. The number of halogens is 1. The first-order valence-electron chi connectivity index (χ1n) is 9.71. The van der Waals surface area contributed by atoms with Crippen LogP contribution in [0, 0.1) is 11.3 Å². The standard InChI is InChI=1S/C22H17ClN4O6/c1-3-30-16-5-4-12(10-24)6-17(16)33-21-19-20(31-11-18(28)25-19)26-22(27-21)32-15-8-13(23)7-14(9-15)29-2/h4-9H,3,11H2,1-2H3,(H,25,28). The van der Waals surface area contributed by atoms with Crippen LogP contribution in [-0.2, 0) is 4.79 Å². The zero-order valence-corrected chi connectivity index (χ0v) is 18.3. The molecule has 0 atom stereocenters. The number of hydrogen-bond acceptors (Lipinski definition) is 9. The van der Waals surface area contributed by atoms with Crippen molar-refractivity contribution >= 4 is 23.2 Å². The highest BCUT2D eigenvalue weighted by molar-refractivity contribution is 6.30. The number of anilines is 1. The molecule has 0 radical (unpaired) electrons. The van der Waals surface area contributed by atoms with Crippen molar-refractivity contribution < 1.29 is 28.5 Å². The smallest absolute Gasteiger partial charge is 0.328 e. The molecule has 0 spiro atoms. The van der Waals surface area contributed by atoms with E-state index in [1.807, 2.05) is 13.0 Å². The highest BCUT2D eigenvalue weighted by atomic mass is 35.5. The van der Waals surface area contributed by atoms with Crippen LogP contribution in [0.3, 0.4) is 0 Å². The van der Waals surface area contributed by atoms with E-state index in [9.17, 15) is 10.1 Å². The fraction of sp³-hybridized carbons (Fsp3) is 0.182. The van der Waals surface area contributed by atoms with E-state index in [4.69, 9.17) is 35.3 Å². The molecule has 1 aliphatic heterocycles. The number of benzene rings is 2. The molecule has 33 heavy (non-hydrogen) atoms. The van der Waals surface area contributed by atoms with Crippen molar-refractivity contribution in [1.82, 2.24) is 9.97 Å². The van der Waals surface area contributed by atoms with E-state index in [2.05, 4.69) is 15.3 Å². The largest absolute Gasteiger partial charge is 0.497 e. The fourth-order valence-corrected chi connectivity index (χ4v) is 3.11. The fourth-order valence-electron chi connectivity index (χ4n) is 2.90. The van der Waals surface area contributed by atoms with E-state index in [1.165, 1.54) is 13.2 Å². The van der Waals surface area contributed by atoms with Gasteiger partial charge in [0.25, 0.3) is 11.8 Å². The van der Waals surface area contributed by atoms with E-state index < -0.39 is 5.91 Å². The summed E-state index contributed by atoms with van der Waals surface area (Å²) >= 11 is 6.10. The third-order valence-corrected chi connectivity index (χ3v) is 4.51. The lowest BCUT2D eigenvalue weighted by molar-refractivity contribution is -0.118. The molecule has 2 heterocycles. The summed E-state index contributed by atoms with van der Waals surface area (Å²) in [6.45, 7) is 1.95. The number of nitrogens with one attached hydrogen (secondary N) is 1. The van der Waals surface area contributed by atoms with Crippen LogP contribution in [0.2, 0.25) is 5.02 Å². The van der Waals surface area contributed by atoms with Gasteiger partial charge < -0.3 is 29.0 Å². The van der Waals surface area contributed by atoms with Crippen LogP contribution in [0.25, 0.3) is 0 Å². The van der Waals surface area contributed by atoms with E-state index in [-0.39, 0.29) is 35.8 Å². The Morgan fingerprint density at radius 3 is 2.73 bits per heavy atom. The second kappa shape index (κ2) is 9.50. The summed E-state index contributed by atoms with van der Waals surface area (Å²) in [6, 6.07) is 11.4. The van der Waals surface area contributed by atoms with Gasteiger partial charge in [-0.3, -0.25) is 4.79 Å². The molecule has 1 amide bonds. The summed E-state index contributed by atoms with van der Waals surface area (Å²) in [5, 5.41) is 12.3. The minimum Gasteiger partial charge on any atom is -0.497 e. The lowest BCUT2D eigenvalue weighted by atomic mass is 10.2. The molecular weight excluding hydrogens is 452 g/mol. The van der Waals surface area contributed by atoms with Gasteiger partial charge in [0.15, 0.2) is 23.8 Å². The SMILES string of the molecule is CCOc1ccc(C#N)cc1Oc1nc(Oc2cc(Cl)cc(OC)c2)nc2c1NC(=O)CO2. The van der Waals surface area contributed by atoms with Crippen LogP contribution < -0.4 is 29.0 Å². The van der Waals surface area contributed by atoms with Crippen molar-refractivity contribution in [2.24, 2.45) is 0 Å². The number of methoxy groups -OCH3 is 1. The Morgan fingerprint density at radius 1 is 1.15 bits per heavy atom. The summed E-state index contributed by atoms with van der Waals surface area (Å²) in [6.07, 6.45) is 0. The average molecular weight is 469 g/mol. The Bertz CT molecular complexity index is 1260. The number of aromatic nitrogens is 2. The van der Waals surface area contributed by atoms with Crippen molar-refractivity contribution in [2.45, 2.75) is 6.92 Å².